The number of guanidine groups is 1. The van der Waals surface area contributed by atoms with Crippen molar-refractivity contribution in [2.24, 2.45) is 10.4 Å². The van der Waals surface area contributed by atoms with E-state index in [0.717, 1.165) is 32.1 Å². The van der Waals surface area contributed by atoms with Crippen LogP contribution in [-0.2, 0) is 4.74 Å². The Morgan fingerprint density at radius 2 is 1.92 bits per heavy atom. The lowest BCUT2D eigenvalue weighted by Gasteiger charge is -2.42. The van der Waals surface area contributed by atoms with Gasteiger partial charge in [0, 0.05) is 39.9 Å². The summed E-state index contributed by atoms with van der Waals surface area (Å²) in [7, 11) is 3.66. The van der Waals surface area contributed by atoms with Crippen LogP contribution >= 0.6 is 24.0 Å². The van der Waals surface area contributed by atoms with Crippen LogP contribution in [0.25, 0.3) is 0 Å². The van der Waals surface area contributed by atoms with E-state index in [0.29, 0.717) is 11.5 Å². The van der Waals surface area contributed by atoms with E-state index >= 15 is 0 Å². The summed E-state index contributed by atoms with van der Waals surface area (Å²) in [5, 5.41) is 7.10. The zero-order chi connectivity index (χ0) is 16.5. The van der Waals surface area contributed by atoms with E-state index in [2.05, 4.69) is 27.4 Å². The highest BCUT2D eigenvalue weighted by Gasteiger charge is 2.36. The Hall–Kier alpha value is -0.0800. The first-order valence-corrected chi connectivity index (χ1v) is 9.40. The predicted molar refractivity (Wildman–Crippen MR) is 112 cm³/mol. The summed E-state index contributed by atoms with van der Waals surface area (Å²) in [5.41, 5.74) is 0.423. The Balaban J connectivity index is 0.00000288. The number of rotatable bonds is 9. The van der Waals surface area contributed by atoms with Crippen LogP contribution in [0, 0.1) is 5.41 Å². The minimum absolute atomic E-state index is 0. The molecule has 1 unspecified atom stereocenters. The quantitative estimate of drug-likeness (QED) is 0.321. The lowest BCUT2D eigenvalue weighted by atomic mass is 9.67. The average molecular weight is 452 g/mol. The van der Waals surface area contributed by atoms with Crippen LogP contribution in [-0.4, -0.2) is 63.8 Å². The molecule has 0 bridgehead atoms. The number of likely N-dealkylation sites (tertiary alicyclic amines) is 1. The van der Waals surface area contributed by atoms with Crippen molar-refractivity contribution < 1.29 is 4.74 Å². The van der Waals surface area contributed by atoms with Crippen molar-refractivity contribution in [2.45, 2.75) is 57.9 Å². The van der Waals surface area contributed by atoms with Gasteiger partial charge in [-0.15, -0.1) is 24.0 Å². The zero-order valence-corrected chi connectivity index (χ0v) is 18.1. The van der Waals surface area contributed by atoms with E-state index in [9.17, 15) is 0 Å². The average Bonchev–Trinajstić information content (AvgIpc) is 3.06. The van der Waals surface area contributed by atoms with Crippen LogP contribution in [0.5, 0.6) is 0 Å². The number of hydrogen-bond donors (Lipinski definition) is 2. The minimum atomic E-state index is 0. The van der Waals surface area contributed by atoms with Gasteiger partial charge in [-0.05, 0) is 57.0 Å². The monoisotopic (exact) mass is 452 g/mol. The molecule has 2 aliphatic rings. The summed E-state index contributed by atoms with van der Waals surface area (Å²) in [6.07, 6.45) is 9.03. The summed E-state index contributed by atoms with van der Waals surface area (Å²) in [6.45, 7) is 7.66. The van der Waals surface area contributed by atoms with Crippen molar-refractivity contribution >= 4 is 29.9 Å². The van der Waals surface area contributed by atoms with Crippen LogP contribution in [0.1, 0.15) is 51.9 Å². The number of ether oxygens (including phenoxy) is 1. The number of hydrogen-bond acceptors (Lipinski definition) is 3. The first kappa shape index (κ1) is 22.0. The van der Waals surface area contributed by atoms with Crippen LogP contribution in [0.3, 0.4) is 0 Å². The van der Waals surface area contributed by atoms with E-state index in [4.69, 9.17) is 4.74 Å². The second-order valence-corrected chi connectivity index (χ2v) is 7.21. The maximum Gasteiger partial charge on any atom is 0.191 e. The normalized spacial score (nSPS) is 21.7. The van der Waals surface area contributed by atoms with Gasteiger partial charge in [-0.2, -0.15) is 0 Å². The van der Waals surface area contributed by atoms with E-state index in [1.807, 2.05) is 7.05 Å². The number of halogens is 1. The molecule has 0 amide bonds. The molecule has 6 heteroatoms. The molecule has 142 valence electrons. The molecule has 0 aromatic carbocycles. The summed E-state index contributed by atoms with van der Waals surface area (Å²) < 4.78 is 5.28. The third-order valence-electron chi connectivity index (χ3n) is 5.74. The molecule has 2 rings (SSSR count). The molecule has 0 aromatic heterocycles. The third kappa shape index (κ3) is 6.33. The molecule has 1 aliphatic carbocycles. The van der Waals surface area contributed by atoms with Crippen molar-refractivity contribution in [3.05, 3.63) is 0 Å². The fourth-order valence-corrected chi connectivity index (χ4v) is 3.86. The molecular weight excluding hydrogens is 415 g/mol. The van der Waals surface area contributed by atoms with Crippen molar-refractivity contribution in [2.75, 3.05) is 46.9 Å². The molecule has 1 atom stereocenters. The summed E-state index contributed by atoms with van der Waals surface area (Å²) >= 11 is 0. The van der Waals surface area contributed by atoms with Gasteiger partial charge in [0.15, 0.2) is 5.96 Å². The number of nitrogens with zero attached hydrogens (tertiary/aromatic N) is 2. The first-order chi connectivity index (χ1) is 11.2. The maximum atomic E-state index is 5.28. The summed E-state index contributed by atoms with van der Waals surface area (Å²) in [5.74, 6) is 0.950. The van der Waals surface area contributed by atoms with Crippen LogP contribution < -0.4 is 10.6 Å². The molecule has 1 heterocycles. The summed E-state index contributed by atoms with van der Waals surface area (Å²) in [4.78, 5) is 7.02. The highest BCUT2D eigenvalue weighted by molar-refractivity contribution is 14.0. The standard InChI is InChI=1S/C18H36N4O.HI/c1-4-16(22-11-5-6-12-22)14-20-17(19-2)21-15-18(8-7-9-18)10-13-23-3;/h16H,4-15H2,1-3H3,(H2,19,20,21);1H. The van der Waals surface area contributed by atoms with Gasteiger partial charge >= 0.3 is 0 Å². The van der Waals surface area contributed by atoms with Gasteiger partial charge in [-0.1, -0.05) is 13.3 Å². The number of methoxy groups -OCH3 is 1. The van der Waals surface area contributed by atoms with Crippen molar-refractivity contribution in [1.82, 2.24) is 15.5 Å². The van der Waals surface area contributed by atoms with Crippen molar-refractivity contribution in [3.8, 4) is 0 Å². The molecule has 0 radical (unpaired) electrons. The molecule has 1 saturated carbocycles. The predicted octanol–water partition coefficient (Wildman–Crippen LogP) is 2.85. The van der Waals surface area contributed by atoms with E-state index in [1.165, 1.54) is 51.6 Å². The SMILES string of the molecule is CCC(CNC(=NC)NCC1(CCOC)CCC1)N1CCCC1.I. The Morgan fingerprint density at radius 1 is 1.21 bits per heavy atom. The van der Waals surface area contributed by atoms with Crippen LogP contribution in [0.2, 0.25) is 0 Å². The van der Waals surface area contributed by atoms with Gasteiger partial charge < -0.3 is 15.4 Å². The summed E-state index contributed by atoms with van der Waals surface area (Å²) in [6, 6.07) is 0.627. The lowest BCUT2D eigenvalue weighted by Crippen LogP contribution is -2.50. The van der Waals surface area contributed by atoms with Gasteiger partial charge in [0.25, 0.3) is 0 Å². The smallest absolute Gasteiger partial charge is 0.191 e. The van der Waals surface area contributed by atoms with Gasteiger partial charge in [0.05, 0.1) is 0 Å². The fourth-order valence-electron chi connectivity index (χ4n) is 3.86. The molecular formula is C18H37IN4O. The Labute approximate surface area is 165 Å². The maximum absolute atomic E-state index is 5.28. The molecule has 24 heavy (non-hydrogen) atoms. The van der Waals surface area contributed by atoms with Crippen molar-refractivity contribution in [3.63, 3.8) is 0 Å². The number of aliphatic imine (C=N–C) groups is 1. The molecule has 2 N–H and O–H groups in total. The highest BCUT2D eigenvalue weighted by Crippen LogP contribution is 2.43. The largest absolute Gasteiger partial charge is 0.385 e. The molecule has 5 nitrogen and oxygen atoms in total. The molecule has 2 fully saturated rings. The van der Waals surface area contributed by atoms with E-state index in [1.54, 1.807) is 7.11 Å². The van der Waals surface area contributed by atoms with Crippen molar-refractivity contribution in [1.29, 1.82) is 0 Å². The first-order valence-electron chi connectivity index (χ1n) is 9.40. The molecule has 1 saturated heterocycles. The third-order valence-corrected chi connectivity index (χ3v) is 5.74. The van der Waals surface area contributed by atoms with Crippen LogP contribution in [0.15, 0.2) is 4.99 Å². The Morgan fingerprint density at radius 3 is 2.42 bits per heavy atom. The van der Waals surface area contributed by atoms with Gasteiger partial charge in [-0.25, -0.2) is 0 Å². The zero-order valence-electron chi connectivity index (χ0n) is 15.8. The van der Waals surface area contributed by atoms with Gasteiger partial charge in [0.2, 0.25) is 0 Å². The Kier molecular flexibility index (Phi) is 10.5. The minimum Gasteiger partial charge on any atom is -0.385 e. The van der Waals surface area contributed by atoms with E-state index < -0.39 is 0 Å². The van der Waals surface area contributed by atoms with Gasteiger partial charge in [-0.3, -0.25) is 9.89 Å². The van der Waals surface area contributed by atoms with Crippen LogP contribution in [0.4, 0.5) is 0 Å². The lowest BCUT2D eigenvalue weighted by molar-refractivity contribution is 0.0732. The molecule has 0 aromatic rings. The molecule has 0 spiro atoms. The Bertz CT molecular complexity index is 368. The second kappa shape index (κ2) is 11.5. The van der Waals surface area contributed by atoms with E-state index in [-0.39, 0.29) is 24.0 Å². The number of nitrogens with one attached hydrogen (secondary N) is 2. The van der Waals surface area contributed by atoms with Gasteiger partial charge in [0.1, 0.15) is 0 Å². The topological polar surface area (TPSA) is 48.9 Å². The molecule has 1 aliphatic heterocycles. The fraction of sp³-hybridized carbons (Fsp3) is 0.944. The highest BCUT2D eigenvalue weighted by atomic mass is 127. The second-order valence-electron chi connectivity index (χ2n) is 7.21.